The Morgan fingerprint density at radius 3 is 1.03 bits per heavy atom. The molecule has 0 unspecified atom stereocenters. The predicted octanol–water partition coefficient (Wildman–Crippen LogP) is 6.51. The monoisotopic (exact) mass is 832 g/mol. The van der Waals surface area contributed by atoms with Gasteiger partial charge in [-0.25, -0.2) is 28.8 Å². The maximum atomic E-state index is 13.0. The zero-order valence-electron chi connectivity index (χ0n) is 33.4. The summed E-state index contributed by atoms with van der Waals surface area (Å²) in [6, 6.07) is 0. The summed E-state index contributed by atoms with van der Waals surface area (Å²) in [6.45, 7) is 4.19. The second kappa shape index (κ2) is 16.9. The molecule has 5 fully saturated rings. The van der Waals surface area contributed by atoms with Crippen molar-refractivity contribution in [3.63, 3.8) is 0 Å². The Bertz CT molecular complexity index is 1860. The Morgan fingerprint density at radius 1 is 0.433 bits per heavy atom. The van der Waals surface area contributed by atoms with E-state index in [2.05, 4.69) is 13.8 Å². The first kappa shape index (κ1) is 42.1. The summed E-state index contributed by atoms with van der Waals surface area (Å²) in [5.74, 6) is -10.9. The summed E-state index contributed by atoms with van der Waals surface area (Å²) < 4.78 is 44.6. The molecule has 2 N–H and O–H groups in total. The van der Waals surface area contributed by atoms with Crippen molar-refractivity contribution >= 4 is 35.8 Å². The average Bonchev–Trinajstić information content (AvgIpc) is 3.20. The molecule has 16 heteroatoms. The van der Waals surface area contributed by atoms with E-state index < -0.39 is 70.9 Å². The zero-order valence-corrected chi connectivity index (χ0v) is 33.4. The first-order chi connectivity index (χ1) is 28.7. The molecule has 7 aliphatic rings. The number of carbonyl (C=O) groups is 6. The maximum Gasteiger partial charge on any atom is 0.348 e. The minimum absolute atomic E-state index is 0.0751. The molecule has 7 rings (SSSR count). The van der Waals surface area contributed by atoms with Crippen LogP contribution in [0.1, 0.15) is 104 Å². The fourth-order valence-electron chi connectivity index (χ4n) is 8.40. The number of aliphatic hydroxyl groups excluding tert-OH is 2. The molecule has 0 aromatic heterocycles. The highest BCUT2D eigenvalue weighted by Gasteiger charge is 2.55. The number of carbonyl (C=O) groups excluding carboxylic acids is 6. The highest BCUT2D eigenvalue weighted by Crippen LogP contribution is 2.47. The van der Waals surface area contributed by atoms with E-state index in [9.17, 15) is 39.0 Å². The van der Waals surface area contributed by atoms with E-state index in [4.69, 9.17) is 37.9 Å². The molecule has 0 radical (unpaired) electrons. The number of rotatable bonds is 8. The van der Waals surface area contributed by atoms with Gasteiger partial charge < -0.3 is 48.1 Å². The van der Waals surface area contributed by atoms with Crippen LogP contribution >= 0.6 is 0 Å². The van der Waals surface area contributed by atoms with Gasteiger partial charge in [-0.1, -0.05) is 63.1 Å². The second-order valence-electron chi connectivity index (χ2n) is 16.0. The van der Waals surface area contributed by atoms with Crippen molar-refractivity contribution in [2.75, 3.05) is 0 Å². The van der Waals surface area contributed by atoms with Crippen LogP contribution in [-0.2, 0) is 66.7 Å². The van der Waals surface area contributed by atoms with Crippen molar-refractivity contribution in [3.05, 3.63) is 94.9 Å². The number of hydrogen-bond donors (Lipinski definition) is 2. The number of aliphatic hydroxyl groups is 2. The third-order valence-electron chi connectivity index (χ3n) is 12.2. The molecule has 16 nitrogen and oxygen atoms in total. The highest BCUT2D eigenvalue weighted by molar-refractivity contribution is 6.16. The van der Waals surface area contributed by atoms with Crippen LogP contribution in [-0.4, -0.2) is 69.2 Å². The van der Waals surface area contributed by atoms with Crippen LogP contribution in [0.15, 0.2) is 94.9 Å². The van der Waals surface area contributed by atoms with E-state index in [0.717, 1.165) is 38.5 Å². The standard InChI is InChI=1S/C44H48O16/c1-3-27-15-19-41(20-16-27)53-33(45)29(34(46)54-41)11-7-5-9-13-31-37(49)57-43(58-38(31)50)23-25-44(26-24-43)59-39(51)32(40(52)60-44)14-10-6-8-12-30-35(47)55-42(56-36(30)48)21-17-28(4-2)18-22-42/h5-14,27-28,49,51H,3-4,15-26H2,1-2H3/b7-5+,8-6+,13-9+,14-10+,29-11?,30-12?. The first-order valence-corrected chi connectivity index (χ1v) is 20.5. The summed E-state index contributed by atoms with van der Waals surface area (Å²) in [7, 11) is 0. The molecule has 0 bridgehead atoms. The van der Waals surface area contributed by atoms with Gasteiger partial charge in [0, 0.05) is 51.4 Å². The predicted molar refractivity (Wildman–Crippen MR) is 205 cm³/mol. The molecule has 0 amide bonds. The van der Waals surface area contributed by atoms with Gasteiger partial charge in [0.1, 0.15) is 22.3 Å². The molecule has 4 heterocycles. The normalized spacial score (nSPS) is 33.7. The Kier molecular flexibility index (Phi) is 11.8. The van der Waals surface area contributed by atoms with Crippen LogP contribution in [0.2, 0.25) is 0 Å². The van der Waals surface area contributed by atoms with Gasteiger partial charge in [-0.15, -0.1) is 0 Å². The van der Waals surface area contributed by atoms with Crippen LogP contribution in [0.4, 0.5) is 0 Å². The number of hydrogen-bond acceptors (Lipinski definition) is 16. The van der Waals surface area contributed by atoms with Crippen molar-refractivity contribution < 1.29 is 76.9 Å². The minimum atomic E-state index is -1.60. The summed E-state index contributed by atoms with van der Waals surface area (Å²) in [6.07, 6.45) is 20.0. The van der Waals surface area contributed by atoms with Crippen LogP contribution in [0, 0.1) is 11.8 Å². The van der Waals surface area contributed by atoms with Crippen molar-refractivity contribution in [1.82, 2.24) is 0 Å². The second-order valence-corrected chi connectivity index (χ2v) is 16.0. The fraction of sp³-hybridized carbons (Fsp3) is 0.500. The molecule has 320 valence electrons. The Hall–Kier alpha value is -6.06. The van der Waals surface area contributed by atoms with E-state index in [1.54, 1.807) is 0 Å². The third kappa shape index (κ3) is 8.77. The van der Waals surface area contributed by atoms with Gasteiger partial charge in [-0.2, -0.15) is 0 Å². The molecule has 0 aromatic rings. The topological polar surface area (TPSA) is 217 Å². The summed E-state index contributed by atoms with van der Waals surface area (Å²) in [5.41, 5.74) is -1.13. The van der Waals surface area contributed by atoms with Gasteiger partial charge in [0.2, 0.25) is 0 Å². The molecule has 60 heavy (non-hydrogen) atoms. The first-order valence-electron chi connectivity index (χ1n) is 20.5. The van der Waals surface area contributed by atoms with Crippen LogP contribution < -0.4 is 0 Å². The largest absolute Gasteiger partial charge is 0.480 e. The van der Waals surface area contributed by atoms with Crippen molar-refractivity contribution in [3.8, 4) is 0 Å². The van der Waals surface area contributed by atoms with Gasteiger partial charge in [0.05, 0.1) is 0 Å². The Balaban J connectivity index is 0.897. The van der Waals surface area contributed by atoms with Gasteiger partial charge >= 0.3 is 35.8 Å². The molecule has 0 atom stereocenters. The minimum Gasteiger partial charge on any atom is -0.480 e. The highest BCUT2D eigenvalue weighted by atomic mass is 16.8. The van der Waals surface area contributed by atoms with Crippen molar-refractivity contribution in [2.24, 2.45) is 11.8 Å². The lowest BCUT2D eigenvalue weighted by Gasteiger charge is -2.46. The summed E-state index contributed by atoms with van der Waals surface area (Å²) in [4.78, 5) is 76.5. The van der Waals surface area contributed by atoms with E-state index in [1.165, 1.54) is 60.8 Å². The molecule has 3 aliphatic carbocycles. The lowest BCUT2D eigenvalue weighted by atomic mass is 9.83. The Labute approximate surface area is 345 Å². The quantitative estimate of drug-likeness (QED) is 0.0876. The van der Waals surface area contributed by atoms with Crippen LogP contribution in [0.5, 0.6) is 0 Å². The van der Waals surface area contributed by atoms with E-state index >= 15 is 0 Å². The van der Waals surface area contributed by atoms with Gasteiger partial charge in [-0.05, 0) is 61.8 Å². The lowest BCUT2D eigenvalue weighted by molar-refractivity contribution is -0.302. The third-order valence-corrected chi connectivity index (χ3v) is 12.2. The molecule has 4 spiro atoms. The maximum absolute atomic E-state index is 13.0. The molecule has 4 aliphatic heterocycles. The average molecular weight is 833 g/mol. The van der Waals surface area contributed by atoms with Crippen molar-refractivity contribution in [2.45, 2.75) is 127 Å². The molecule has 2 saturated heterocycles. The van der Waals surface area contributed by atoms with Crippen LogP contribution in [0.25, 0.3) is 0 Å². The fourth-order valence-corrected chi connectivity index (χ4v) is 8.40. The van der Waals surface area contributed by atoms with Crippen molar-refractivity contribution in [1.29, 1.82) is 0 Å². The van der Waals surface area contributed by atoms with Gasteiger partial charge in [0.25, 0.3) is 35.0 Å². The smallest absolute Gasteiger partial charge is 0.348 e. The van der Waals surface area contributed by atoms with Gasteiger partial charge in [-0.3, -0.25) is 0 Å². The van der Waals surface area contributed by atoms with E-state index in [0.29, 0.717) is 37.5 Å². The molecular formula is C44H48O16. The lowest BCUT2D eigenvalue weighted by Crippen LogP contribution is -2.53. The number of esters is 6. The molecule has 3 saturated carbocycles. The Morgan fingerprint density at radius 2 is 0.733 bits per heavy atom. The summed E-state index contributed by atoms with van der Waals surface area (Å²) >= 11 is 0. The zero-order chi connectivity index (χ0) is 42.7. The van der Waals surface area contributed by atoms with Gasteiger partial charge in [0.15, 0.2) is 0 Å². The molecular weight excluding hydrogens is 784 g/mol. The SMILES string of the molecule is CCC1CCC2(CC1)OC(=O)C(=C/C=C/C=C/C1=C(O)OC3(CCC4(CC3)OC(=O)C(/C=C/C=C/C=C3C(=O)OC5(CCC(CC)CC5)OC3=O)=C(O)O4)OC1=O)C(=O)O2. The van der Waals surface area contributed by atoms with E-state index in [1.807, 2.05) is 0 Å². The molecule has 0 aromatic carbocycles. The number of ether oxygens (including phenoxy) is 8. The van der Waals surface area contributed by atoms with Crippen LogP contribution in [0.3, 0.4) is 0 Å². The van der Waals surface area contributed by atoms with E-state index in [-0.39, 0.29) is 48.0 Å². The summed E-state index contributed by atoms with van der Waals surface area (Å²) in [5, 5.41) is 21.3. The number of allylic oxidation sites excluding steroid dienone is 8.